The van der Waals surface area contributed by atoms with Gasteiger partial charge in [0.2, 0.25) is 0 Å². The first-order valence-corrected chi connectivity index (χ1v) is 6.83. The van der Waals surface area contributed by atoms with E-state index >= 15 is 0 Å². The zero-order chi connectivity index (χ0) is 12.4. The Bertz CT molecular complexity index is 591. The van der Waals surface area contributed by atoms with E-state index in [0.717, 1.165) is 12.8 Å². The van der Waals surface area contributed by atoms with Crippen LogP contribution >= 0.6 is 11.6 Å². The Labute approximate surface area is 138 Å². The summed E-state index contributed by atoms with van der Waals surface area (Å²) in [6.07, 6.45) is 15.1. The Hall–Kier alpha value is -0.647. The van der Waals surface area contributed by atoms with E-state index < -0.39 is 0 Å². The fraction of sp³-hybridized carbons (Fsp3) is 0.176. The third-order valence-corrected chi connectivity index (χ3v) is 3.79. The van der Waals surface area contributed by atoms with Crippen molar-refractivity contribution in [2.45, 2.75) is 18.7 Å². The Morgan fingerprint density at radius 1 is 0.947 bits per heavy atom. The van der Waals surface area contributed by atoms with Crippen molar-refractivity contribution in [1.82, 2.24) is 0 Å². The molecule has 0 bridgehead atoms. The fourth-order valence-electron chi connectivity index (χ4n) is 2.64. The van der Waals surface area contributed by atoms with Gasteiger partial charge in [0.1, 0.15) is 0 Å². The molecule has 3 rings (SSSR count). The molecule has 1 aromatic rings. The van der Waals surface area contributed by atoms with Gasteiger partial charge in [-0.2, -0.15) is 0 Å². The molecule has 0 radical (unpaired) electrons. The molecule has 2 aliphatic carbocycles. The summed E-state index contributed by atoms with van der Waals surface area (Å²) in [5, 5.41) is 0. The molecule has 0 saturated heterocycles. The molecular formula is C17H15ClZr. The first kappa shape index (κ1) is 14.8. The molecule has 0 N–H and O–H groups in total. The Morgan fingerprint density at radius 2 is 1.63 bits per heavy atom. The average molecular weight is 346 g/mol. The minimum atomic E-state index is 0. The summed E-state index contributed by atoms with van der Waals surface area (Å²) >= 11 is 6.11. The summed E-state index contributed by atoms with van der Waals surface area (Å²) < 4.78 is 0. The minimum absolute atomic E-state index is 0. The third-order valence-electron chi connectivity index (χ3n) is 3.50. The predicted octanol–water partition coefficient (Wildman–Crippen LogP) is 5.11. The van der Waals surface area contributed by atoms with Gasteiger partial charge in [-0.1, -0.05) is 54.7 Å². The van der Waals surface area contributed by atoms with Crippen LogP contribution in [0.4, 0.5) is 0 Å². The van der Waals surface area contributed by atoms with Crippen molar-refractivity contribution in [3.63, 3.8) is 0 Å². The van der Waals surface area contributed by atoms with Crippen LogP contribution in [0.5, 0.6) is 0 Å². The molecule has 2 heteroatoms. The normalized spacial score (nSPS) is 16.3. The van der Waals surface area contributed by atoms with Crippen LogP contribution in [0.3, 0.4) is 0 Å². The number of benzene rings is 1. The summed E-state index contributed by atoms with van der Waals surface area (Å²) in [5.74, 6) is 0.571. The van der Waals surface area contributed by atoms with E-state index in [1.807, 2.05) is 0 Å². The van der Waals surface area contributed by atoms with Gasteiger partial charge in [0, 0.05) is 32.1 Å². The number of alkyl halides is 1. The maximum absolute atomic E-state index is 6.11. The van der Waals surface area contributed by atoms with Crippen LogP contribution in [0, 0.1) is 0 Å². The minimum Gasteiger partial charge on any atom is -0.122 e. The molecule has 1 aromatic carbocycles. The smallest absolute Gasteiger partial charge is 0.0480 e. The van der Waals surface area contributed by atoms with Gasteiger partial charge >= 0.3 is 0 Å². The molecule has 0 aromatic heterocycles. The second-order valence-electron chi connectivity index (χ2n) is 4.62. The van der Waals surface area contributed by atoms with E-state index in [1.54, 1.807) is 0 Å². The molecule has 0 heterocycles. The van der Waals surface area contributed by atoms with Gasteiger partial charge in [-0.3, -0.25) is 0 Å². The SMILES string of the molecule is ClCc1cccc(C2=CC=CC2)c1C1=CC=CC1.[Zr]. The summed E-state index contributed by atoms with van der Waals surface area (Å²) in [4.78, 5) is 0. The maximum atomic E-state index is 6.11. The van der Waals surface area contributed by atoms with Gasteiger partial charge in [0.05, 0.1) is 0 Å². The Kier molecular flexibility index (Phi) is 5.19. The van der Waals surface area contributed by atoms with Crippen molar-refractivity contribution in [2.75, 3.05) is 0 Å². The summed E-state index contributed by atoms with van der Waals surface area (Å²) in [7, 11) is 0. The van der Waals surface area contributed by atoms with Crippen LogP contribution in [0.2, 0.25) is 0 Å². The quantitative estimate of drug-likeness (QED) is 0.668. The standard InChI is InChI=1S/C17H15Cl.Zr/c18-12-15-10-5-11-16(13-6-1-2-7-13)17(15)14-8-3-4-9-14;/h1-6,8,10-11H,7,9,12H2;. The molecule has 0 fully saturated rings. The van der Waals surface area contributed by atoms with E-state index in [-0.39, 0.29) is 26.2 Å². The summed E-state index contributed by atoms with van der Waals surface area (Å²) in [6, 6.07) is 6.45. The van der Waals surface area contributed by atoms with E-state index in [2.05, 4.69) is 54.7 Å². The zero-order valence-corrected chi connectivity index (χ0v) is 13.9. The van der Waals surface area contributed by atoms with Crippen molar-refractivity contribution < 1.29 is 26.2 Å². The molecule has 0 amide bonds. The van der Waals surface area contributed by atoms with E-state index in [1.165, 1.54) is 27.8 Å². The third kappa shape index (κ3) is 2.93. The molecule has 0 unspecified atom stereocenters. The van der Waals surface area contributed by atoms with Crippen molar-refractivity contribution in [3.05, 3.63) is 71.3 Å². The van der Waals surface area contributed by atoms with Crippen LogP contribution < -0.4 is 0 Å². The van der Waals surface area contributed by atoms with E-state index in [4.69, 9.17) is 11.6 Å². The summed E-state index contributed by atoms with van der Waals surface area (Å²) in [6.45, 7) is 0. The first-order valence-electron chi connectivity index (χ1n) is 6.30. The molecule has 2 aliphatic rings. The van der Waals surface area contributed by atoms with Crippen LogP contribution in [0.1, 0.15) is 29.5 Å². The van der Waals surface area contributed by atoms with Crippen LogP contribution in [-0.4, -0.2) is 0 Å². The Balaban J connectivity index is 0.00000133. The zero-order valence-electron chi connectivity index (χ0n) is 10.7. The van der Waals surface area contributed by atoms with Gasteiger partial charge < -0.3 is 0 Å². The first-order chi connectivity index (χ1) is 8.90. The molecule has 19 heavy (non-hydrogen) atoms. The van der Waals surface area contributed by atoms with Crippen LogP contribution in [-0.2, 0) is 32.1 Å². The Morgan fingerprint density at radius 3 is 2.21 bits per heavy atom. The molecule has 94 valence electrons. The second kappa shape index (κ2) is 6.68. The molecular weight excluding hydrogens is 331 g/mol. The van der Waals surface area contributed by atoms with Crippen LogP contribution in [0.25, 0.3) is 11.1 Å². The average Bonchev–Trinajstić information content (AvgIpc) is 3.10. The fourth-order valence-corrected chi connectivity index (χ4v) is 2.86. The molecule has 0 atom stereocenters. The van der Waals surface area contributed by atoms with Gasteiger partial charge in [-0.05, 0) is 40.7 Å². The van der Waals surface area contributed by atoms with Crippen molar-refractivity contribution >= 4 is 22.7 Å². The van der Waals surface area contributed by atoms with E-state index in [9.17, 15) is 0 Å². The summed E-state index contributed by atoms with van der Waals surface area (Å²) in [5.41, 5.74) is 6.69. The van der Waals surface area contributed by atoms with Crippen molar-refractivity contribution in [2.24, 2.45) is 0 Å². The topological polar surface area (TPSA) is 0 Å². The number of hydrogen-bond acceptors (Lipinski definition) is 0. The monoisotopic (exact) mass is 344 g/mol. The number of rotatable bonds is 3. The second-order valence-corrected chi connectivity index (χ2v) is 4.89. The van der Waals surface area contributed by atoms with Gasteiger partial charge in [0.15, 0.2) is 0 Å². The van der Waals surface area contributed by atoms with Crippen LogP contribution in [0.15, 0.2) is 54.7 Å². The van der Waals surface area contributed by atoms with E-state index in [0.29, 0.717) is 5.88 Å². The van der Waals surface area contributed by atoms with Gasteiger partial charge in [-0.25, -0.2) is 0 Å². The van der Waals surface area contributed by atoms with Gasteiger partial charge in [0.25, 0.3) is 0 Å². The molecule has 0 nitrogen and oxygen atoms in total. The number of hydrogen-bond donors (Lipinski definition) is 0. The molecule has 0 spiro atoms. The number of halogens is 1. The van der Waals surface area contributed by atoms with Crippen molar-refractivity contribution in [1.29, 1.82) is 0 Å². The molecule has 0 aliphatic heterocycles. The largest absolute Gasteiger partial charge is 0.122 e. The maximum Gasteiger partial charge on any atom is 0.0480 e. The predicted molar refractivity (Wildman–Crippen MR) is 79.5 cm³/mol. The van der Waals surface area contributed by atoms with Crippen molar-refractivity contribution in [3.8, 4) is 0 Å². The number of allylic oxidation sites excluding steroid dienone is 8. The molecule has 0 saturated carbocycles. The van der Waals surface area contributed by atoms with Gasteiger partial charge in [-0.15, -0.1) is 11.6 Å².